The molecule has 0 fully saturated rings. The number of hydrogen-bond acceptors (Lipinski definition) is 4. The predicted molar refractivity (Wildman–Crippen MR) is 78.1 cm³/mol. The quantitative estimate of drug-likeness (QED) is 0.892. The molecule has 1 unspecified atom stereocenters. The minimum atomic E-state index is 0.273. The third-order valence-electron chi connectivity index (χ3n) is 3.21. The van der Waals surface area contributed by atoms with Gasteiger partial charge in [0.25, 0.3) is 0 Å². The van der Waals surface area contributed by atoms with Crippen molar-refractivity contribution in [3.05, 3.63) is 54.1 Å². The minimum Gasteiger partial charge on any atom is -0.367 e. The zero-order valence-electron chi connectivity index (χ0n) is 11.7. The Balaban J connectivity index is 2.05. The molecule has 2 rings (SSSR count). The van der Waals surface area contributed by atoms with Crippen molar-refractivity contribution in [2.24, 2.45) is 0 Å². The fraction of sp³-hybridized carbons (Fsp3) is 0.333. The van der Waals surface area contributed by atoms with Crippen LogP contribution in [0.25, 0.3) is 0 Å². The molecular weight excluding hydrogens is 236 g/mol. The molecule has 0 radical (unpaired) electrons. The lowest BCUT2D eigenvalue weighted by molar-refractivity contribution is 0.632. The van der Waals surface area contributed by atoms with Crippen LogP contribution < -0.4 is 10.2 Å². The van der Waals surface area contributed by atoms with E-state index in [1.54, 1.807) is 0 Å². The van der Waals surface area contributed by atoms with Gasteiger partial charge in [0.2, 0.25) is 0 Å². The Bertz CT molecular complexity index is 495. The van der Waals surface area contributed by atoms with E-state index < -0.39 is 0 Å². The Kier molecular flexibility index (Phi) is 4.47. The van der Waals surface area contributed by atoms with E-state index in [1.807, 2.05) is 44.7 Å². The topological polar surface area (TPSA) is 41.0 Å². The summed E-state index contributed by atoms with van der Waals surface area (Å²) in [5.74, 6) is 0. The standard InChI is InChI=1S/C15H20N4/c1-12(16-2)15-8-7-14(10-18-15)19(3)11-13-6-4-5-9-17-13/h4-10,12,16H,11H2,1-3H3. The lowest BCUT2D eigenvalue weighted by Crippen LogP contribution is -2.18. The highest BCUT2D eigenvalue weighted by atomic mass is 15.1. The molecule has 1 N–H and O–H groups in total. The normalized spacial score (nSPS) is 12.2. The van der Waals surface area contributed by atoms with E-state index in [0.717, 1.165) is 23.6 Å². The molecule has 0 spiro atoms. The van der Waals surface area contributed by atoms with Gasteiger partial charge in [-0.2, -0.15) is 0 Å². The average Bonchev–Trinajstić information content (AvgIpc) is 2.47. The summed E-state index contributed by atoms with van der Waals surface area (Å²) in [4.78, 5) is 11.0. The van der Waals surface area contributed by atoms with Crippen LogP contribution in [0.15, 0.2) is 42.7 Å². The zero-order chi connectivity index (χ0) is 13.7. The number of pyridine rings is 2. The maximum atomic E-state index is 4.49. The van der Waals surface area contributed by atoms with Crippen molar-refractivity contribution in [3.63, 3.8) is 0 Å². The molecule has 2 aromatic rings. The average molecular weight is 256 g/mol. The monoisotopic (exact) mass is 256 g/mol. The van der Waals surface area contributed by atoms with Crippen molar-refractivity contribution in [3.8, 4) is 0 Å². The number of aromatic nitrogens is 2. The summed E-state index contributed by atoms with van der Waals surface area (Å²) in [6, 6.07) is 10.4. The molecule has 2 heterocycles. The van der Waals surface area contributed by atoms with Crippen LogP contribution in [0.2, 0.25) is 0 Å². The first kappa shape index (κ1) is 13.5. The van der Waals surface area contributed by atoms with Crippen LogP contribution in [-0.2, 0) is 6.54 Å². The third kappa shape index (κ3) is 3.51. The highest BCUT2D eigenvalue weighted by molar-refractivity contribution is 5.44. The molecule has 0 amide bonds. The van der Waals surface area contributed by atoms with Gasteiger partial charge in [-0.25, -0.2) is 0 Å². The Hall–Kier alpha value is -1.94. The molecule has 0 saturated heterocycles. The van der Waals surface area contributed by atoms with E-state index in [1.165, 1.54) is 0 Å². The Morgan fingerprint density at radius 1 is 1.21 bits per heavy atom. The summed E-state index contributed by atoms with van der Waals surface area (Å²) < 4.78 is 0. The fourth-order valence-corrected chi connectivity index (χ4v) is 1.85. The van der Waals surface area contributed by atoms with Crippen LogP contribution >= 0.6 is 0 Å². The molecule has 0 aliphatic rings. The molecule has 19 heavy (non-hydrogen) atoms. The maximum Gasteiger partial charge on any atom is 0.0599 e. The van der Waals surface area contributed by atoms with Crippen LogP contribution in [0.1, 0.15) is 24.4 Å². The van der Waals surface area contributed by atoms with E-state index in [2.05, 4.69) is 39.2 Å². The first-order valence-corrected chi connectivity index (χ1v) is 6.45. The van der Waals surface area contributed by atoms with Crippen LogP contribution in [-0.4, -0.2) is 24.1 Å². The van der Waals surface area contributed by atoms with Gasteiger partial charge in [-0.05, 0) is 38.2 Å². The Morgan fingerprint density at radius 2 is 2.05 bits per heavy atom. The molecule has 0 bridgehead atoms. The molecule has 1 atom stereocenters. The van der Waals surface area contributed by atoms with Crippen LogP contribution in [0.5, 0.6) is 0 Å². The van der Waals surface area contributed by atoms with Gasteiger partial charge in [0.1, 0.15) is 0 Å². The molecule has 0 aliphatic carbocycles. The van der Waals surface area contributed by atoms with Crippen molar-refractivity contribution < 1.29 is 0 Å². The van der Waals surface area contributed by atoms with Crippen molar-refractivity contribution in [1.29, 1.82) is 0 Å². The number of anilines is 1. The Morgan fingerprint density at radius 3 is 2.63 bits per heavy atom. The number of hydrogen-bond donors (Lipinski definition) is 1. The summed E-state index contributed by atoms with van der Waals surface area (Å²) >= 11 is 0. The molecule has 0 aromatic carbocycles. The number of nitrogens with zero attached hydrogens (tertiary/aromatic N) is 3. The first-order valence-electron chi connectivity index (χ1n) is 6.45. The minimum absolute atomic E-state index is 0.273. The van der Waals surface area contributed by atoms with Crippen LogP contribution in [0.3, 0.4) is 0 Å². The smallest absolute Gasteiger partial charge is 0.0599 e. The van der Waals surface area contributed by atoms with E-state index in [0.29, 0.717) is 0 Å². The Labute approximate surface area is 114 Å². The lowest BCUT2D eigenvalue weighted by Gasteiger charge is -2.19. The maximum absolute atomic E-state index is 4.49. The first-order chi connectivity index (χ1) is 9.20. The molecule has 100 valence electrons. The molecule has 4 nitrogen and oxygen atoms in total. The van der Waals surface area contributed by atoms with Gasteiger partial charge in [0, 0.05) is 19.3 Å². The summed E-state index contributed by atoms with van der Waals surface area (Å²) in [5.41, 5.74) is 3.20. The second-order valence-electron chi connectivity index (χ2n) is 4.63. The van der Waals surface area contributed by atoms with E-state index >= 15 is 0 Å². The second-order valence-corrected chi connectivity index (χ2v) is 4.63. The zero-order valence-corrected chi connectivity index (χ0v) is 11.7. The van der Waals surface area contributed by atoms with Gasteiger partial charge in [-0.1, -0.05) is 6.07 Å². The van der Waals surface area contributed by atoms with Gasteiger partial charge >= 0.3 is 0 Å². The van der Waals surface area contributed by atoms with Gasteiger partial charge in [-0.15, -0.1) is 0 Å². The highest BCUT2D eigenvalue weighted by Crippen LogP contribution is 2.16. The summed E-state index contributed by atoms with van der Waals surface area (Å²) in [5, 5.41) is 3.18. The molecule has 2 aromatic heterocycles. The van der Waals surface area contributed by atoms with Gasteiger partial charge < -0.3 is 10.2 Å². The molecule has 0 saturated carbocycles. The lowest BCUT2D eigenvalue weighted by atomic mass is 10.2. The van der Waals surface area contributed by atoms with Gasteiger partial charge in [0.05, 0.1) is 29.8 Å². The van der Waals surface area contributed by atoms with Crippen LogP contribution in [0, 0.1) is 0 Å². The predicted octanol–water partition coefficient (Wildman–Crippen LogP) is 2.39. The number of rotatable bonds is 5. The largest absolute Gasteiger partial charge is 0.367 e. The van der Waals surface area contributed by atoms with E-state index in [4.69, 9.17) is 0 Å². The fourth-order valence-electron chi connectivity index (χ4n) is 1.85. The molecule has 4 heteroatoms. The third-order valence-corrected chi connectivity index (χ3v) is 3.21. The van der Waals surface area contributed by atoms with Crippen molar-refractivity contribution in [2.75, 3.05) is 19.0 Å². The van der Waals surface area contributed by atoms with Crippen molar-refractivity contribution in [2.45, 2.75) is 19.5 Å². The van der Waals surface area contributed by atoms with E-state index in [-0.39, 0.29) is 6.04 Å². The molecule has 0 aliphatic heterocycles. The van der Waals surface area contributed by atoms with Crippen molar-refractivity contribution in [1.82, 2.24) is 15.3 Å². The summed E-state index contributed by atoms with van der Waals surface area (Å²) in [6.45, 7) is 2.88. The summed E-state index contributed by atoms with van der Waals surface area (Å²) in [7, 11) is 3.99. The van der Waals surface area contributed by atoms with Crippen molar-refractivity contribution >= 4 is 5.69 Å². The van der Waals surface area contributed by atoms with Crippen LogP contribution in [0.4, 0.5) is 5.69 Å². The van der Waals surface area contributed by atoms with E-state index in [9.17, 15) is 0 Å². The second kappa shape index (κ2) is 6.29. The highest BCUT2D eigenvalue weighted by Gasteiger charge is 2.06. The summed E-state index contributed by atoms with van der Waals surface area (Å²) in [6.07, 6.45) is 3.73. The van der Waals surface area contributed by atoms with Gasteiger partial charge in [-0.3, -0.25) is 9.97 Å². The molecular formula is C15H20N4. The number of nitrogens with one attached hydrogen (secondary N) is 1. The van der Waals surface area contributed by atoms with Gasteiger partial charge in [0.15, 0.2) is 0 Å². The SMILES string of the molecule is CNC(C)c1ccc(N(C)Cc2ccccn2)cn1.